The zero-order valence-corrected chi connectivity index (χ0v) is 16.8. The van der Waals surface area contributed by atoms with E-state index in [1.807, 2.05) is 60.8 Å². The number of hydrazone groups is 1. The highest BCUT2D eigenvalue weighted by Crippen LogP contribution is 2.33. The van der Waals surface area contributed by atoms with E-state index in [4.69, 9.17) is 24.3 Å². The number of anilines is 1. The number of ether oxygens (including phenoxy) is 2. The van der Waals surface area contributed by atoms with Crippen molar-refractivity contribution in [2.24, 2.45) is 5.10 Å². The maximum absolute atomic E-state index is 9.04. The van der Waals surface area contributed by atoms with Gasteiger partial charge in [0.1, 0.15) is 11.8 Å². The smallest absolute Gasteiger partial charge is 0.251 e. The second-order valence-corrected chi connectivity index (χ2v) is 6.29. The number of aromatic nitrogens is 3. The van der Waals surface area contributed by atoms with Crippen LogP contribution >= 0.6 is 0 Å². The summed E-state index contributed by atoms with van der Waals surface area (Å²) in [6.45, 7) is 0. The zero-order chi connectivity index (χ0) is 21.6. The minimum atomic E-state index is 0.122. The fourth-order valence-corrected chi connectivity index (χ4v) is 2.97. The largest absolute Gasteiger partial charge is 0.493 e. The predicted molar refractivity (Wildman–Crippen MR) is 115 cm³/mol. The van der Waals surface area contributed by atoms with Crippen LogP contribution in [0.3, 0.4) is 0 Å². The highest BCUT2D eigenvalue weighted by Gasteiger charge is 2.14. The summed E-state index contributed by atoms with van der Waals surface area (Å²) < 4.78 is 17.7. The molecule has 2 heterocycles. The van der Waals surface area contributed by atoms with Crippen molar-refractivity contribution in [1.29, 1.82) is 5.26 Å². The number of oxazole rings is 1. The van der Waals surface area contributed by atoms with Crippen molar-refractivity contribution in [3.63, 3.8) is 0 Å². The van der Waals surface area contributed by atoms with E-state index < -0.39 is 0 Å². The van der Waals surface area contributed by atoms with Crippen molar-refractivity contribution in [2.75, 3.05) is 19.6 Å². The summed E-state index contributed by atoms with van der Waals surface area (Å²) in [5, 5.41) is 18.0. The van der Waals surface area contributed by atoms with Crippen LogP contribution in [-0.4, -0.2) is 35.2 Å². The standard InChI is InChI=1S/C22H18N6O3/c1-29-19-9-8-15(10-20(19)30-2)21-16(12-25-26-22-18(11-23)24-14-31-22)13-28(27-21)17-6-4-3-5-7-17/h3-10,12-14,26H,1-2H3. The molecule has 0 unspecified atom stereocenters. The minimum Gasteiger partial charge on any atom is -0.493 e. The first-order valence-electron chi connectivity index (χ1n) is 9.23. The molecule has 0 aliphatic heterocycles. The average molecular weight is 414 g/mol. The number of nitriles is 1. The Morgan fingerprint density at radius 3 is 2.68 bits per heavy atom. The van der Waals surface area contributed by atoms with Crippen LogP contribution in [0.4, 0.5) is 5.88 Å². The molecule has 0 saturated heterocycles. The van der Waals surface area contributed by atoms with E-state index in [0.29, 0.717) is 17.2 Å². The Bertz CT molecular complexity index is 1250. The Hall–Kier alpha value is -4.58. The number of hydrogen-bond donors (Lipinski definition) is 1. The molecule has 1 N–H and O–H groups in total. The summed E-state index contributed by atoms with van der Waals surface area (Å²) in [6, 6.07) is 17.2. The highest BCUT2D eigenvalue weighted by molar-refractivity contribution is 5.89. The summed E-state index contributed by atoms with van der Waals surface area (Å²) in [7, 11) is 3.17. The van der Waals surface area contributed by atoms with Gasteiger partial charge in [-0.25, -0.2) is 15.1 Å². The Morgan fingerprint density at radius 2 is 1.94 bits per heavy atom. The molecule has 4 rings (SSSR count). The van der Waals surface area contributed by atoms with Gasteiger partial charge in [0.25, 0.3) is 5.88 Å². The molecule has 0 aliphatic rings. The minimum absolute atomic E-state index is 0.122. The lowest BCUT2D eigenvalue weighted by Crippen LogP contribution is -1.95. The summed E-state index contributed by atoms with van der Waals surface area (Å²) in [5.41, 5.74) is 5.97. The lowest BCUT2D eigenvalue weighted by molar-refractivity contribution is 0.355. The SMILES string of the molecule is COc1ccc(-c2nn(-c3ccccc3)cc2C=NNc2ocnc2C#N)cc1OC. The van der Waals surface area contributed by atoms with Gasteiger partial charge >= 0.3 is 0 Å². The molecule has 0 spiro atoms. The van der Waals surface area contributed by atoms with Crippen molar-refractivity contribution in [3.05, 3.63) is 72.4 Å². The molecule has 31 heavy (non-hydrogen) atoms. The van der Waals surface area contributed by atoms with E-state index >= 15 is 0 Å². The number of methoxy groups -OCH3 is 2. The van der Waals surface area contributed by atoms with E-state index in [1.54, 1.807) is 25.1 Å². The summed E-state index contributed by atoms with van der Waals surface area (Å²) in [6.07, 6.45) is 4.64. The van der Waals surface area contributed by atoms with E-state index in [9.17, 15) is 0 Å². The average Bonchev–Trinajstić information content (AvgIpc) is 3.46. The third kappa shape index (κ3) is 4.09. The first-order valence-corrected chi connectivity index (χ1v) is 9.23. The maximum Gasteiger partial charge on any atom is 0.251 e. The van der Waals surface area contributed by atoms with Crippen LogP contribution in [0.15, 0.2) is 70.6 Å². The van der Waals surface area contributed by atoms with Gasteiger partial charge in [-0.05, 0) is 30.3 Å². The lowest BCUT2D eigenvalue weighted by Gasteiger charge is -2.09. The molecule has 2 aromatic heterocycles. The van der Waals surface area contributed by atoms with Crippen molar-refractivity contribution in [1.82, 2.24) is 14.8 Å². The van der Waals surface area contributed by atoms with E-state index in [2.05, 4.69) is 15.5 Å². The van der Waals surface area contributed by atoms with Crippen LogP contribution in [0.5, 0.6) is 11.5 Å². The lowest BCUT2D eigenvalue weighted by atomic mass is 10.1. The Labute approximate surface area is 178 Å². The van der Waals surface area contributed by atoms with Crippen molar-refractivity contribution >= 4 is 12.1 Å². The number of para-hydroxylation sites is 1. The molecular weight excluding hydrogens is 396 g/mol. The van der Waals surface area contributed by atoms with Gasteiger partial charge in [-0.3, -0.25) is 0 Å². The van der Waals surface area contributed by atoms with E-state index in [1.165, 1.54) is 6.39 Å². The molecule has 0 bridgehead atoms. The summed E-state index contributed by atoms with van der Waals surface area (Å²) >= 11 is 0. The summed E-state index contributed by atoms with van der Waals surface area (Å²) in [5.74, 6) is 1.39. The molecule has 4 aromatic rings. The van der Waals surface area contributed by atoms with Gasteiger partial charge in [-0.1, -0.05) is 18.2 Å². The number of rotatable bonds is 7. The van der Waals surface area contributed by atoms with Crippen LogP contribution in [0.2, 0.25) is 0 Å². The van der Waals surface area contributed by atoms with Crippen LogP contribution in [0.1, 0.15) is 11.3 Å². The fraction of sp³-hybridized carbons (Fsp3) is 0.0909. The van der Waals surface area contributed by atoms with Gasteiger partial charge in [0.15, 0.2) is 17.9 Å². The van der Waals surface area contributed by atoms with Gasteiger partial charge in [-0.15, -0.1) is 0 Å². The van der Waals surface area contributed by atoms with E-state index in [-0.39, 0.29) is 11.6 Å². The molecule has 9 nitrogen and oxygen atoms in total. The molecule has 9 heteroatoms. The Morgan fingerprint density at radius 1 is 1.13 bits per heavy atom. The number of nitrogens with one attached hydrogen (secondary N) is 1. The topological polar surface area (TPSA) is 110 Å². The number of nitrogens with zero attached hydrogens (tertiary/aromatic N) is 5. The Balaban J connectivity index is 1.74. The third-order valence-electron chi connectivity index (χ3n) is 4.46. The third-order valence-corrected chi connectivity index (χ3v) is 4.46. The van der Waals surface area contributed by atoms with Crippen LogP contribution in [0, 0.1) is 11.3 Å². The first kappa shape index (κ1) is 19.7. The fourth-order valence-electron chi connectivity index (χ4n) is 2.97. The molecule has 0 atom stereocenters. The maximum atomic E-state index is 9.04. The molecule has 0 aliphatic carbocycles. The molecule has 0 fully saturated rings. The molecular formula is C22H18N6O3. The normalized spacial score (nSPS) is 10.7. The highest BCUT2D eigenvalue weighted by atomic mass is 16.5. The van der Waals surface area contributed by atoms with Gasteiger partial charge in [0.2, 0.25) is 5.69 Å². The second kappa shape index (κ2) is 8.84. The van der Waals surface area contributed by atoms with Gasteiger partial charge < -0.3 is 13.9 Å². The van der Waals surface area contributed by atoms with Crippen LogP contribution in [0.25, 0.3) is 16.9 Å². The number of hydrogen-bond acceptors (Lipinski definition) is 8. The predicted octanol–water partition coefficient (Wildman–Crippen LogP) is 3.86. The quantitative estimate of drug-likeness (QED) is 0.361. The van der Waals surface area contributed by atoms with Crippen molar-refractivity contribution < 1.29 is 13.9 Å². The zero-order valence-electron chi connectivity index (χ0n) is 16.8. The van der Waals surface area contributed by atoms with Crippen molar-refractivity contribution in [3.8, 4) is 34.5 Å². The molecule has 0 amide bonds. The molecule has 0 saturated carbocycles. The van der Waals surface area contributed by atoms with Gasteiger partial charge in [0.05, 0.1) is 26.1 Å². The van der Waals surface area contributed by atoms with Crippen LogP contribution < -0.4 is 14.9 Å². The van der Waals surface area contributed by atoms with Crippen LogP contribution in [-0.2, 0) is 0 Å². The van der Waals surface area contributed by atoms with Gasteiger partial charge in [-0.2, -0.15) is 15.5 Å². The number of benzene rings is 2. The first-order chi connectivity index (χ1) is 15.2. The molecule has 0 radical (unpaired) electrons. The second-order valence-electron chi connectivity index (χ2n) is 6.29. The Kier molecular flexibility index (Phi) is 5.62. The molecule has 2 aromatic carbocycles. The van der Waals surface area contributed by atoms with Crippen molar-refractivity contribution in [2.45, 2.75) is 0 Å². The monoisotopic (exact) mass is 414 g/mol. The molecule has 154 valence electrons. The van der Waals surface area contributed by atoms with Gasteiger partial charge in [0, 0.05) is 17.3 Å². The van der Waals surface area contributed by atoms with E-state index in [0.717, 1.165) is 16.8 Å². The summed E-state index contributed by atoms with van der Waals surface area (Å²) in [4.78, 5) is 3.80.